The fourth-order valence-electron chi connectivity index (χ4n) is 1.28. The number of hydrogen-bond donors (Lipinski definition) is 0. The Kier molecular flexibility index (Phi) is 3.39. The summed E-state index contributed by atoms with van der Waals surface area (Å²) in [5.41, 5.74) is 0.371. The maximum Gasteiger partial charge on any atom is 0.144 e. The highest BCUT2D eigenvalue weighted by atomic mass is 79.9. The third-order valence-corrected chi connectivity index (χ3v) is 5.56. The highest BCUT2D eigenvalue weighted by molar-refractivity contribution is 9.10. The first kappa shape index (κ1) is 12.1. The number of halogens is 3. The van der Waals surface area contributed by atoms with E-state index >= 15 is 0 Å². The van der Waals surface area contributed by atoms with Crippen LogP contribution in [0.4, 0.5) is 4.39 Å². The first-order chi connectivity index (χ1) is 6.25. The standard InChI is InChI=1S/C9H12BrClFNSi/c1-5-7(12)8(14(2,3)4)6(10)9(11)13-5/h1-4H3. The Morgan fingerprint density at radius 2 is 1.86 bits per heavy atom. The highest BCUT2D eigenvalue weighted by Crippen LogP contribution is 2.23. The highest BCUT2D eigenvalue weighted by Gasteiger charge is 2.27. The summed E-state index contributed by atoms with van der Waals surface area (Å²) < 4.78 is 14.4. The van der Waals surface area contributed by atoms with Gasteiger partial charge in [-0.15, -0.1) is 0 Å². The van der Waals surface area contributed by atoms with Gasteiger partial charge in [-0.25, -0.2) is 9.37 Å². The Morgan fingerprint density at radius 3 is 2.29 bits per heavy atom. The van der Waals surface area contributed by atoms with E-state index in [0.29, 0.717) is 15.3 Å². The Bertz CT molecular complexity index is 350. The molecule has 0 atom stereocenters. The second-order valence-corrected chi connectivity index (χ2v) is 10.4. The zero-order chi connectivity index (χ0) is 11.1. The van der Waals surface area contributed by atoms with Gasteiger partial charge < -0.3 is 0 Å². The molecule has 0 radical (unpaired) electrons. The molecule has 1 aromatic heterocycles. The first-order valence-electron chi connectivity index (χ1n) is 4.26. The number of rotatable bonds is 1. The molecule has 0 spiro atoms. The van der Waals surface area contributed by atoms with Crippen molar-refractivity contribution in [1.82, 2.24) is 4.98 Å². The molecule has 78 valence electrons. The molecule has 0 unspecified atom stereocenters. The van der Waals surface area contributed by atoms with E-state index in [4.69, 9.17) is 11.6 Å². The minimum absolute atomic E-state index is 0.222. The molecular weight excluding hydrogens is 285 g/mol. The fraction of sp³-hybridized carbons (Fsp3) is 0.444. The lowest BCUT2D eigenvalue weighted by atomic mass is 10.3. The van der Waals surface area contributed by atoms with Crippen LogP contribution in [-0.4, -0.2) is 13.1 Å². The normalized spacial score (nSPS) is 11.9. The van der Waals surface area contributed by atoms with E-state index in [1.54, 1.807) is 6.92 Å². The molecule has 5 heteroatoms. The summed E-state index contributed by atoms with van der Waals surface area (Å²) in [4.78, 5) is 3.91. The van der Waals surface area contributed by atoms with Crippen molar-refractivity contribution < 1.29 is 4.39 Å². The van der Waals surface area contributed by atoms with Crippen molar-refractivity contribution in [3.05, 3.63) is 21.1 Å². The van der Waals surface area contributed by atoms with Crippen molar-refractivity contribution in [3.63, 3.8) is 0 Å². The lowest BCUT2D eigenvalue weighted by molar-refractivity contribution is 0.616. The van der Waals surface area contributed by atoms with Crippen LogP contribution in [0.5, 0.6) is 0 Å². The van der Waals surface area contributed by atoms with E-state index in [1.807, 2.05) is 0 Å². The predicted molar refractivity (Wildman–Crippen MR) is 64.6 cm³/mol. The van der Waals surface area contributed by atoms with Gasteiger partial charge >= 0.3 is 0 Å². The molecule has 0 saturated carbocycles. The number of hydrogen-bond acceptors (Lipinski definition) is 1. The monoisotopic (exact) mass is 295 g/mol. The van der Waals surface area contributed by atoms with Gasteiger partial charge in [-0.3, -0.25) is 0 Å². The van der Waals surface area contributed by atoms with E-state index in [1.165, 1.54) is 0 Å². The minimum atomic E-state index is -1.73. The van der Waals surface area contributed by atoms with E-state index in [-0.39, 0.29) is 5.82 Å². The maximum absolute atomic E-state index is 13.8. The van der Waals surface area contributed by atoms with Gasteiger partial charge in [-0.05, 0) is 28.0 Å². The van der Waals surface area contributed by atoms with Crippen LogP contribution in [0.1, 0.15) is 5.69 Å². The largest absolute Gasteiger partial charge is 0.237 e. The molecule has 0 aliphatic rings. The summed E-state index contributed by atoms with van der Waals surface area (Å²) in [6.07, 6.45) is 0. The molecule has 0 bridgehead atoms. The van der Waals surface area contributed by atoms with Gasteiger partial charge in [0.05, 0.1) is 18.2 Å². The minimum Gasteiger partial charge on any atom is -0.237 e. The maximum atomic E-state index is 13.8. The number of aryl methyl sites for hydroxylation is 1. The summed E-state index contributed by atoms with van der Waals surface area (Å²) >= 11 is 9.20. The average molecular weight is 297 g/mol. The Balaban J connectivity index is 3.56. The van der Waals surface area contributed by atoms with Crippen LogP contribution in [0.3, 0.4) is 0 Å². The first-order valence-corrected chi connectivity index (χ1v) is 8.94. The third-order valence-electron chi connectivity index (χ3n) is 1.95. The second-order valence-electron chi connectivity index (χ2n) is 4.24. The van der Waals surface area contributed by atoms with Crippen molar-refractivity contribution in [2.45, 2.75) is 26.6 Å². The molecule has 1 aromatic rings. The van der Waals surface area contributed by atoms with Gasteiger partial charge in [-0.2, -0.15) is 0 Å². The van der Waals surface area contributed by atoms with Crippen molar-refractivity contribution in [1.29, 1.82) is 0 Å². The summed E-state index contributed by atoms with van der Waals surface area (Å²) in [6.45, 7) is 7.86. The van der Waals surface area contributed by atoms with Crippen LogP contribution in [0, 0.1) is 12.7 Å². The zero-order valence-corrected chi connectivity index (χ0v) is 11.9. The van der Waals surface area contributed by atoms with E-state index in [0.717, 1.165) is 5.19 Å². The molecule has 0 aromatic carbocycles. The van der Waals surface area contributed by atoms with Crippen molar-refractivity contribution >= 4 is 40.8 Å². The quantitative estimate of drug-likeness (QED) is 0.571. The second kappa shape index (κ2) is 3.91. The van der Waals surface area contributed by atoms with Gasteiger partial charge in [-0.1, -0.05) is 31.2 Å². The molecule has 1 nitrogen and oxygen atoms in total. The van der Waals surface area contributed by atoms with Crippen LogP contribution < -0.4 is 5.19 Å². The van der Waals surface area contributed by atoms with Crippen LogP contribution in [0.15, 0.2) is 4.47 Å². The molecule has 0 N–H and O–H groups in total. The summed E-state index contributed by atoms with van der Waals surface area (Å²) in [5.74, 6) is -0.222. The SMILES string of the molecule is Cc1nc(Cl)c(Br)c([Si](C)(C)C)c1F. The van der Waals surface area contributed by atoms with Crippen LogP contribution in [0.25, 0.3) is 0 Å². The van der Waals surface area contributed by atoms with E-state index < -0.39 is 8.07 Å². The van der Waals surface area contributed by atoms with Crippen LogP contribution in [-0.2, 0) is 0 Å². The molecule has 14 heavy (non-hydrogen) atoms. The molecule has 0 saturated heterocycles. The van der Waals surface area contributed by atoms with Gasteiger partial charge in [0.15, 0.2) is 0 Å². The van der Waals surface area contributed by atoms with E-state index in [2.05, 4.69) is 40.6 Å². The fourth-order valence-corrected chi connectivity index (χ4v) is 5.25. The number of nitrogens with zero attached hydrogens (tertiary/aromatic N) is 1. The lowest BCUT2D eigenvalue weighted by Crippen LogP contribution is -2.42. The van der Waals surface area contributed by atoms with Gasteiger partial charge in [0.1, 0.15) is 11.0 Å². The number of pyridine rings is 1. The molecule has 1 rings (SSSR count). The van der Waals surface area contributed by atoms with Gasteiger partial charge in [0.25, 0.3) is 0 Å². The molecule has 1 heterocycles. The Labute approximate surface area is 97.8 Å². The summed E-state index contributed by atoms with van der Waals surface area (Å²) in [5, 5.41) is 1.07. The molecular formula is C9H12BrClFNSi. The molecule has 0 amide bonds. The predicted octanol–water partition coefficient (Wildman–Crippen LogP) is 3.49. The average Bonchev–Trinajstić information content (AvgIpc) is 1.98. The summed E-state index contributed by atoms with van der Waals surface area (Å²) in [6, 6.07) is 0. The zero-order valence-electron chi connectivity index (χ0n) is 8.58. The summed E-state index contributed by atoms with van der Waals surface area (Å²) in [7, 11) is -1.73. The molecule has 0 aliphatic carbocycles. The Morgan fingerprint density at radius 1 is 1.36 bits per heavy atom. The van der Waals surface area contributed by atoms with Crippen molar-refractivity contribution in [2.75, 3.05) is 0 Å². The number of aromatic nitrogens is 1. The lowest BCUT2D eigenvalue weighted by Gasteiger charge is -2.20. The van der Waals surface area contributed by atoms with Crippen LogP contribution in [0.2, 0.25) is 24.8 Å². The van der Waals surface area contributed by atoms with Crippen LogP contribution >= 0.6 is 27.5 Å². The van der Waals surface area contributed by atoms with Gasteiger partial charge in [0, 0.05) is 0 Å². The van der Waals surface area contributed by atoms with Crippen molar-refractivity contribution in [3.8, 4) is 0 Å². The molecule has 0 aliphatic heterocycles. The van der Waals surface area contributed by atoms with Gasteiger partial charge in [0.2, 0.25) is 0 Å². The Hall–Kier alpha value is 0.0669. The molecule has 0 fully saturated rings. The topological polar surface area (TPSA) is 12.9 Å². The smallest absolute Gasteiger partial charge is 0.144 e. The third kappa shape index (κ3) is 2.18. The van der Waals surface area contributed by atoms with E-state index in [9.17, 15) is 4.39 Å². The van der Waals surface area contributed by atoms with Crippen molar-refractivity contribution in [2.24, 2.45) is 0 Å².